The van der Waals surface area contributed by atoms with Gasteiger partial charge in [0.15, 0.2) is 0 Å². The fourth-order valence-corrected chi connectivity index (χ4v) is 3.18. The molecule has 0 amide bonds. The molecule has 2 atom stereocenters. The van der Waals surface area contributed by atoms with Crippen molar-refractivity contribution in [3.8, 4) is 0 Å². The molecule has 1 saturated carbocycles. The van der Waals surface area contributed by atoms with Crippen molar-refractivity contribution < 1.29 is 0 Å². The van der Waals surface area contributed by atoms with Gasteiger partial charge < -0.3 is 10.2 Å². The molecule has 1 aromatic heterocycles. The van der Waals surface area contributed by atoms with Gasteiger partial charge in [0.1, 0.15) is 12.1 Å². The van der Waals surface area contributed by atoms with E-state index in [0.717, 1.165) is 23.6 Å². The molecule has 90 valence electrons. The van der Waals surface area contributed by atoms with Crippen LogP contribution in [0.1, 0.15) is 24.5 Å². The topological polar surface area (TPSA) is 41.1 Å². The summed E-state index contributed by atoms with van der Waals surface area (Å²) in [4.78, 5) is 11.3. The molecule has 1 aliphatic carbocycles. The molecule has 17 heavy (non-hydrogen) atoms. The summed E-state index contributed by atoms with van der Waals surface area (Å²) in [5.74, 6) is 3.53. The van der Waals surface area contributed by atoms with Crippen LogP contribution in [0, 0.1) is 11.8 Å². The molecule has 3 aliphatic rings. The molecular weight excluding hydrogens is 212 g/mol. The van der Waals surface area contributed by atoms with Gasteiger partial charge in [0.2, 0.25) is 0 Å². The third-order valence-corrected chi connectivity index (χ3v) is 4.38. The summed E-state index contributed by atoms with van der Waals surface area (Å²) in [5.41, 5.74) is 1.25. The van der Waals surface area contributed by atoms with Gasteiger partial charge in [-0.1, -0.05) is 0 Å². The maximum atomic E-state index is 4.45. The van der Waals surface area contributed by atoms with Crippen molar-refractivity contribution in [1.29, 1.82) is 0 Å². The first-order chi connectivity index (χ1) is 8.40. The quantitative estimate of drug-likeness (QED) is 0.823. The Labute approximate surface area is 101 Å². The maximum Gasteiger partial charge on any atom is 0.132 e. The van der Waals surface area contributed by atoms with Crippen LogP contribution < -0.4 is 10.2 Å². The Kier molecular flexibility index (Phi) is 2.12. The van der Waals surface area contributed by atoms with Gasteiger partial charge in [0.25, 0.3) is 0 Å². The highest BCUT2D eigenvalue weighted by Gasteiger charge is 2.37. The Bertz CT molecular complexity index is 417. The zero-order valence-corrected chi connectivity index (χ0v) is 9.97. The van der Waals surface area contributed by atoms with Gasteiger partial charge >= 0.3 is 0 Å². The van der Waals surface area contributed by atoms with Crippen LogP contribution in [0.4, 0.5) is 5.82 Å². The van der Waals surface area contributed by atoms with Crippen LogP contribution in [0.25, 0.3) is 0 Å². The summed E-state index contributed by atoms with van der Waals surface area (Å²) in [6.45, 7) is 4.70. The Morgan fingerprint density at radius 1 is 1.12 bits per heavy atom. The molecule has 0 unspecified atom stereocenters. The minimum Gasteiger partial charge on any atom is -0.356 e. The number of aromatic nitrogens is 2. The normalized spacial score (nSPS) is 31.9. The van der Waals surface area contributed by atoms with E-state index in [4.69, 9.17) is 0 Å². The maximum absolute atomic E-state index is 4.45. The number of hydrogen-bond acceptors (Lipinski definition) is 4. The molecule has 2 saturated heterocycles. The first-order valence-electron chi connectivity index (χ1n) is 6.68. The summed E-state index contributed by atoms with van der Waals surface area (Å²) < 4.78 is 0. The molecule has 4 nitrogen and oxygen atoms in total. The number of rotatable bonds is 2. The highest BCUT2D eigenvalue weighted by atomic mass is 15.2. The van der Waals surface area contributed by atoms with Crippen molar-refractivity contribution in [2.24, 2.45) is 11.8 Å². The lowest BCUT2D eigenvalue weighted by molar-refractivity contribution is 0.533. The minimum absolute atomic E-state index is 0.723. The number of fused-ring (bicyclic) bond motifs is 1. The monoisotopic (exact) mass is 230 g/mol. The second-order valence-electron chi connectivity index (χ2n) is 5.66. The van der Waals surface area contributed by atoms with Crippen molar-refractivity contribution >= 4 is 5.82 Å². The number of nitrogens with one attached hydrogen (secondary N) is 1. The van der Waals surface area contributed by atoms with E-state index in [1.165, 1.54) is 44.7 Å². The number of hydrogen-bond donors (Lipinski definition) is 1. The van der Waals surface area contributed by atoms with Crippen LogP contribution >= 0.6 is 0 Å². The predicted octanol–water partition coefficient (Wildman–Crippen LogP) is 1.01. The fraction of sp³-hybridized carbons (Fsp3) is 0.692. The zero-order valence-electron chi connectivity index (χ0n) is 9.97. The minimum atomic E-state index is 0.723. The van der Waals surface area contributed by atoms with Crippen LogP contribution in [0.3, 0.4) is 0 Å². The molecule has 0 aromatic carbocycles. The number of nitrogens with zero attached hydrogens (tertiary/aromatic N) is 3. The highest BCUT2D eigenvalue weighted by molar-refractivity contribution is 5.42. The van der Waals surface area contributed by atoms with Crippen LogP contribution in [0.2, 0.25) is 0 Å². The summed E-state index contributed by atoms with van der Waals surface area (Å²) in [7, 11) is 0. The van der Waals surface area contributed by atoms with Gasteiger partial charge in [-0.25, -0.2) is 9.97 Å². The van der Waals surface area contributed by atoms with Crippen molar-refractivity contribution in [2.45, 2.75) is 18.8 Å². The molecule has 1 aromatic rings. The average molecular weight is 230 g/mol. The van der Waals surface area contributed by atoms with E-state index in [2.05, 4.69) is 26.3 Å². The molecule has 3 heterocycles. The average Bonchev–Trinajstić information content (AvgIpc) is 2.98. The largest absolute Gasteiger partial charge is 0.356 e. The molecule has 2 aliphatic heterocycles. The SMILES string of the molecule is c1nc(C2CC2)cc(N2C[C@H]3CNC[C@H]3C2)n1. The van der Waals surface area contributed by atoms with Gasteiger partial charge in [0.05, 0.1) is 0 Å². The molecule has 0 radical (unpaired) electrons. The van der Waals surface area contributed by atoms with Crippen LogP contribution in [0.15, 0.2) is 12.4 Å². The smallest absolute Gasteiger partial charge is 0.132 e. The van der Waals surface area contributed by atoms with Crippen LogP contribution in [-0.2, 0) is 0 Å². The third kappa shape index (κ3) is 1.71. The molecule has 1 N–H and O–H groups in total. The van der Waals surface area contributed by atoms with E-state index in [1.54, 1.807) is 6.33 Å². The lowest BCUT2D eigenvalue weighted by Gasteiger charge is -2.18. The van der Waals surface area contributed by atoms with E-state index in [-0.39, 0.29) is 0 Å². The molecule has 0 spiro atoms. The van der Waals surface area contributed by atoms with E-state index in [1.807, 2.05) is 0 Å². The second kappa shape index (κ2) is 3.67. The van der Waals surface area contributed by atoms with Crippen molar-refractivity contribution in [3.63, 3.8) is 0 Å². The third-order valence-electron chi connectivity index (χ3n) is 4.38. The standard InChI is InChI=1S/C13H18N4/c1-2-9(1)12-3-13(16-8-15-12)17-6-10-4-14-5-11(10)7-17/h3,8-11,14H,1-2,4-7H2/t10-,11+. The summed E-state index contributed by atoms with van der Waals surface area (Å²) in [6.07, 6.45) is 4.37. The summed E-state index contributed by atoms with van der Waals surface area (Å²) in [6, 6.07) is 2.21. The first-order valence-corrected chi connectivity index (χ1v) is 6.68. The van der Waals surface area contributed by atoms with E-state index < -0.39 is 0 Å². The lowest BCUT2D eigenvalue weighted by atomic mass is 10.0. The second-order valence-corrected chi connectivity index (χ2v) is 5.66. The Morgan fingerprint density at radius 3 is 2.59 bits per heavy atom. The Hall–Kier alpha value is -1.16. The molecule has 4 heteroatoms. The molecular formula is C13H18N4. The van der Waals surface area contributed by atoms with Gasteiger partial charge in [0, 0.05) is 43.9 Å². The van der Waals surface area contributed by atoms with Gasteiger partial charge in [-0.3, -0.25) is 0 Å². The highest BCUT2D eigenvalue weighted by Crippen LogP contribution is 2.40. The summed E-state index contributed by atoms with van der Waals surface area (Å²) in [5, 5.41) is 3.48. The lowest BCUT2D eigenvalue weighted by Crippen LogP contribution is -2.26. The Balaban J connectivity index is 1.56. The first kappa shape index (κ1) is 9.83. The van der Waals surface area contributed by atoms with Crippen molar-refractivity contribution in [3.05, 3.63) is 18.1 Å². The summed E-state index contributed by atoms with van der Waals surface area (Å²) >= 11 is 0. The van der Waals surface area contributed by atoms with E-state index in [9.17, 15) is 0 Å². The fourth-order valence-electron chi connectivity index (χ4n) is 3.18. The van der Waals surface area contributed by atoms with Crippen molar-refractivity contribution in [1.82, 2.24) is 15.3 Å². The molecule has 0 bridgehead atoms. The predicted molar refractivity (Wildman–Crippen MR) is 66.1 cm³/mol. The molecule has 3 fully saturated rings. The van der Waals surface area contributed by atoms with Crippen molar-refractivity contribution in [2.75, 3.05) is 31.1 Å². The van der Waals surface area contributed by atoms with E-state index in [0.29, 0.717) is 0 Å². The van der Waals surface area contributed by atoms with Crippen LogP contribution in [-0.4, -0.2) is 36.1 Å². The van der Waals surface area contributed by atoms with E-state index >= 15 is 0 Å². The van der Waals surface area contributed by atoms with Gasteiger partial charge in [-0.2, -0.15) is 0 Å². The number of anilines is 1. The van der Waals surface area contributed by atoms with Gasteiger partial charge in [-0.15, -0.1) is 0 Å². The van der Waals surface area contributed by atoms with Crippen LogP contribution in [0.5, 0.6) is 0 Å². The zero-order chi connectivity index (χ0) is 11.2. The Morgan fingerprint density at radius 2 is 1.88 bits per heavy atom. The molecule has 4 rings (SSSR count). The van der Waals surface area contributed by atoms with Gasteiger partial charge in [-0.05, 0) is 24.7 Å².